The van der Waals surface area contributed by atoms with Crippen LogP contribution in [0.25, 0.3) is 22.2 Å². The lowest BCUT2D eigenvalue weighted by molar-refractivity contribution is -0.136. The van der Waals surface area contributed by atoms with Crippen molar-refractivity contribution in [2.75, 3.05) is 6.54 Å². The Balaban J connectivity index is 1.87. The Morgan fingerprint density at radius 3 is 2.58 bits per heavy atom. The van der Waals surface area contributed by atoms with E-state index in [0.717, 1.165) is 16.3 Å². The van der Waals surface area contributed by atoms with Crippen molar-refractivity contribution in [3.63, 3.8) is 0 Å². The molecule has 1 aromatic heterocycles. The van der Waals surface area contributed by atoms with Crippen LogP contribution in [0.1, 0.15) is 22.5 Å². The smallest absolute Gasteiger partial charge is 0.305 e. The molecule has 7 nitrogen and oxygen atoms in total. The van der Waals surface area contributed by atoms with Crippen molar-refractivity contribution in [3.8, 4) is 11.4 Å². The molecule has 0 bridgehead atoms. The van der Waals surface area contributed by atoms with Crippen LogP contribution >= 0.6 is 0 Å². The normalized spacial score (nSPS) is 10.7. The highest BCUT2D eigenvalue weighted by atomic mass is 16.4. The summed E-state index contributed by atoms with van der Waals surface area (Å²) in [6, 6.07) is 12.2. The van der Waals surface area contributed by atoms with E-state index in [4.69, 9.17) is 5.11 Å². The van der Waals surface area contributed by atoms with E-state index in [-0.39, 0.29) is 24.4 Å². The molecule has 0 aliphatic heterocycles. The number of hydrogen-bond acceptors (Lipinski definition) is 4. The first kappa shape index (κ1) is 17.3. The zero-order valence-electron chi connectivity index (χ0n) is 14.1. The number of aromatic nitrogens is 2. The third kappa shape index (κ3) is 3.94. The third-order valence-corrected chi connectivity index (χ3v) is 3.87. The summed E-state index contributed by atoms with van der Waals surface area (Å²) in [4.78, 5) is 41.3. The fourth-order valence-electron chi connectivity index (χ4n) is 2.64. The number of carbonyl (C=O) groups is 2. The van der Waals surface area contributed by atoms with Crippen molar-refractivity contribution < 1.29 is 14.7 Å². The van der Waals surface area contributed by atoms with Crippen molar-refractivity contribution >= 4 is 22.6 Å². The highest BCUT2D eigenvalue weighted by Gasteiger charge is 2.08. The molecule has 0 spiro atoms. The second kappa shape index (κ2) is 7.18. The molecule has 3 N–H and O–H groups in total. The number of amides is 1. The van der Waals surface area contributed by atoms with Gasteiger partial charge in [0, 0.05) is 29.4 Å². The maximum atomic E-state index is 12.1. The summed E-state index contributed by atoms with van der Waals surface area (Å²) in [5.41, 5.74) is 1.66. The maximum Gasteiger partial charge on any atom is 0.305 e. The Hall–Kier alpha value is -3.48. The number of nitrogens with zero attached hydrogens (tertiary/aromatic N) is 1. The molecule has 0 atom stereocenters. The van der Waals surface area contributed by atoms with E-state index >= 15 is 0 Å². The molecule has 26 heavy (non-hydrogen) atoms. The molecule has 2 aromatic carbocycles. The zero-order valence-corrected chi connectivity index (χ0v) is 14.1. The number of carboxylic acids is 1. The van der Waals surface area contributed by atoms with Crippen molar-refractivity contribution in [2.24, 2.45) is 0 Å². The Morgan fingerprint density at radius 1 is 1.12 bits per heavy atom. The van der Waals surface area contributed by atoms with Gasteiger partial charge >= 0.3 is 5.97 Å². The number of aromatic amines is 1. The molecule has 0 radical (unpaired) electrons. The van der Waals surface area contributed by atoms with Crippen LogP contribution < -0.4 is 10.9 Å². The minimum atomic E-state index is -0.959. The van der Waals surface area contributed by atoms with Gasteiger partial charge in [-0.2, -0.15) is 0 Å². The number of H-pyrrole nitrogens is 1. The number of carboxylic acid groups (broad SMARTS) is 1. The van der Waals surface area contributed by atoms with Crippen LogP contribution in [-0.2, 0) is 4.79 Å². The molecule has 1 amide bonds. The molecular weight excluding hydrogens is 334 g/mol. The number of fused-ring (bicyclic) bond motifs is 1. The maximum absolute atomic E-state index is 12.1. The first-order valence-corrected chi connectivity index (χ1v) is 8.04. The van der Waals surface area contributed by atoms with Gasteiger partial charge in [0.1, 0.15) is 5.82 Å². The van der Waals surface area contributed by atoms with Crippen LogP contribution in [0.4, 0.5) is 0 Å². The Morgan fingerprint density at radius 2 is 1.85 bits per heavy atom. The number of aliphatic carboxylic acids is 1. The first-order chi connectivity index (χ1) is 12.4. The van der Waals surface area contributed by atoms with E-state index in [1.165, 1.54) is 6.07 Å². The number of carbonyl (C=O) groups excluding carboxylic acids is 1. The number of hydrogen-bond donors (Lipinski definition) is 3. The number of nitrogens with one attached hydrogen (secondary N) is 2. The summed E-state index contributed by atoms with van der Waals surface area (Å²) in [5.74, 6) is -0.784. The average Bonchev–Trinajstić information content (AvgIpc) is 2.59. The molecule has 3 rings (SSSR count). The summed E-state index contributed by atoms with van der Waals surface area (Å²) in [6.45, 7) is 1.84. The van der Waals surface area contributed by atoms with Gasteiger partial charge in [-0.1, -0.05) is 18.2 Å². The molecule has 0 fully saturated rings. The van der Waals surface area contributed by atoms with Gasteiger partial charge in [0.2, 0.25) is 0 Å². The standard InChI is InChI=1S/C19H17N3O4/c1-11-8-16(23)22-18(21-11)14-4-2-13-10-15(5-3-12(13)9-14)19(26)20-7-6-17(24)25/h2-5,8-10H,6-7H2,1H3,(H,20,26)(H,24,25)(H,21,22,23). The summed E-state index contributed by atoms with van der Waals surface area (Å²) in [5, 5.41) is 12.9. The Bertz CT molecular complexity index is 1060. The predicted octanol–water partition coefficient (Wildman–Crippen LogP) is 2.10. The van der Waals surface area contributed by atoms with E-state index in [2.05, 4.69) is 15.3 Å². The van der Waals surface area contributed by atoms with Gasteiger partial charge in [-0.05, 0) is 35.9 Å². The minimum absolute atomic E-state index is 0.0809. The second-order valence-corrected chi connectivity index (χ2v) is 5.91. The van der Waals surface area contributed by atoms with Crippen molar-refractivity contribution in [1.29, 1.82) is 0 Å². The van der Waals surface area contributed by atoms with E-state index in [1.54, 1.807) is 25.1 Å². The Labute approximate surface area is 148 Å². The van der Waals surface area contributed by atoms with Crippen LogP contribution in [0.3, 0.4) is 0 Å². The van der Waals surface area contributed by atoms with Gasteiger partial charge in [0.15, 0.2) is 0 Å². The van der Waals surface area contributed by atoms with Crippen molar-refractivity contribution in [1.82, 2.24) is 15.3 Å². The third-order valence-electron chi connectivity index (χ3n) is 3.87. The van der Waals surface area contributed by atoms with Crippen molar-refractivity contribution in [3.05, 3.63) is 64.1 Å². The summed E-state index contributed by atoms with van der Waals surface area (Å²) >= 11 is 0. The highest BCUT2D eigenvalue weighted by Crippen LogP contribution is 2.22. The second-order valence-electron chi connectivity index (χ2n) is 5.91. The van der Waals surface area contributed by atoms with Crippen LogP contribution in [0.15, 0.2) is 47.3 Å². The van der Waals surface area contributed by atoms with Gasteiger partial charge in [0.05, 0.1) is 6.42 Å². The molecule has 1 heterocycles. The summed E-state index contributed by atoms with van der Waals surface area (Å²) in [6.07, 6.45) is -0.121. The lowest BCUT2D eigenvalue weighted by atomic mass is 10.0. The lowest BCUT2D eigenvalue weighted by Gasteiger charge is -2.07. The molecule has 0 saturated heterocycles. The number of aryl methyl sites for hydroxylation is 1. The largest absolute Gasteiger partial charge is 0.481 e. The van der Waals surface area contributed by atoms with E-state index in [1.807, 2.05) is 18.2 Å². The van der Waals surface area contributed by atoms with Gasteiger partial charge in [-0.15, -0.1) is 0 Å². The monoisotopic (exact) mass is 351 g/mol. The Kier molecular flexibility index (Phi) is 4.79. The van der Waals surface area contributed by atoms with Crippen LogP contribution in [0.5, 0.6) is 0 Å². The molecule has 3 aromatic rings. The minimum Gasteiger partial charge on any atom is -0.481 e. The van der Waals surface area contributed by atoms with E-state index in [0.29, 0.717) is 17.1 Å². The molecule has 0 aliphatic carbocycles. The fraction of sp³-hybridized carbons (Fsp3) is 0.158. The van der Waals surface area contributed by atoms with E-state index < -0.39 is 5.97 Å². The van der Waals surface area contributed by atoms with Crippen molar-refractivity contribution in [2.45, 2.75) is 13.3 Å². The zero-order chi connectivity index (χ0) is 18.7. The summed E-state index contributed by atoms with van der Waals surface area (Å²) < 4.78 is 0. The molecule has 0 saturated carbocycles. The van der Waals surface area contributed by atoms with Crippen LogP contribution in [0, 0.1) is 6.92 Å². The molecule has 7 heteroatoms. The van der Waals surface area contributed by atoms with Gasteiger partial charge < -0.3 is 15.4 Å². The van der Waals surface area contributed by atoms with Gasteiger partial charge in [-0.3, -0.25) is 14.4 Å². The molecule has 0 unspecified atom stereocenters. The average molecular weight is 351 g/mol. The molecular formula is C19H17N3O4. The lowest BCUT2D eigenvalue weighted by Crippen LogP contribution is -2.25. The number of rotatable bonds is 5. The predicted molar refractivity (Wildman–Crippen MR) is 97.1 cm³/mol. The first-order valence-electron chi connectivity index (χ1n) is 8.04. The fourth-order valence-corrected chi connectivity index (χ4v) is 2.64. The number of benzene rings is 2. The van der Waals surface area contributed by atoms with Crippen LogP contribution in [-0.4, -0.2) is 33.5 Å². The summed E-state index contributed by atoms with van der Waals surface area (Å²) in [7, 11) is 0. The van der Waals surface area contributed by atoms with Gasteiger partial charge in [-0.25, -0.2) is 4.98 Å². The van der Waals surface area contributed by atoms with Gasteiger partial charge in [0.25, 0.3) is 11.5 Å². The molecule has 0 aliphatic rings. The quantitative estimate of drug-likeness (QED) is 0.652. The van der Waals surface area contributed by atoms with E-state index in [9.17, 15) is 14.4 Å². The topological polar surface area (TPSA) is 112 Å². The SMILES string of the molecule is Cc1cc(=O)[nH]c(-c2ccc3cc(C(=O)NCCC(=O)O)ccc3c2)n1. The van der Waals surface area contributed by atoms with Crippen LogP contribution in [0.2, 0.25) is 0 Å². The molecule has 132 valence electrons. The highest BCUT2D eigenvalue weighted by molar-refractivity contribution is 5.99.